The van der Waals surface area contributed by atoms with E-state index in [4.69, 9.17) is 5.26 Å². The first-order valence-electron chi connectivity index (χ1n) is 6.90. The number of unbranched alkanes of at least 4 members (excludes halogenated alkanes) is 2. The Labute approximate surface area is 111 Å². The van der Waals surface area contributed by atoms with Gasteiger partial charge in [0.25, 0.3) is 0 Å². The van der Waals surface area contributed by atoms with Gasteiger partial charge in [-0.1, -0.05) is 31.9 Å². The van der Waals surface area contributed by atoms with Crippen molar-refractivity contribution in [1.29, 1.82) is 5.26 Å². The Bertz CT molecular complexity index is 373. The summed E-state index contributed by atoms with van der Waals surface area (Å²) in [5.41, 5.74) is 2.03. The molecule has 0 aliphatic heterocycles. The Morgan fingerprint density at radius 1 is 1.17 bits per heavy atom. The van der Waals surface area contributed by atoms with Crippen molar-refractivity contribution >= 4 is 0 Å². The molecule has 0 bridgehead atoms. The van der Waals surface area contributed by atoms with Crippen LogP contribution >= 0.6 is 0 Å². The van der Waals surface area contributed by atoms with Gasteiger partial charge in [0.1, 0.15) is 0 Å². The van der Waals surface area contributed by atoms with E-state index in [0.29, 0.717) is 6.04 Å². The summed E-state index contributed by atoms with van der Waals surface area (Å²) in [6, 6.07) is 10.7. The fourth-order valence-electron chi connectivity index (χ4n) is 2.00. The lowest BCUT2D eigenvalue weighted by Gasteiger charge is -2.26. The van der Waals surface area contributed by atoms with Crippen LogP contribution in [-0.2, 0) is 6.54 Å². The van der Waals surface area contributed by atoms with Crippen LogP contribution in [0, 0.1) is 11.3 Å². The molecule has 0 saturated heterocycles. The molecule has 98 valence electrons. The highest BCUT2D eigenvalue weighted by Crippen LogP contribution is 2.11. The molecule has 0 aromatic heterocycles. The van der Waals surface area contributed by atoms with E-state index in [-0.39, 0.29) is 0 Å². The van der Waals surface area contributed by atoms with Crippen molar-refractivity contribution in [3.05, 3.63) is 35.4 Å². The largest absolute Gasteiger partial charge is 0.297 e. The van der Waals surface area contributed by atoms with Gasteiger partial charge in [0.05, 0.1) is 11.6 Å². The molecule has 1 rings (SSSR count). The zero-order valence-electron chi connectivity index (χ0n) is 11.8. The summed E-state index contributed by atoms with van der Waals surface area (Å²) >= 11 is 0. The van der Waals surface area contributed by atoms with Gasteiger partial charge in [0.2, 0.25) is 0 Å². The number of benzene rings is 1. The zero-order valence-corrected chi connectivity index (χ0v) is 11.8. The Hall–Kier alpha value is -1.33. The lowest BCUT2D eigenvalue weighted by molar-refractivity contribution is 0.208. The second kappa shape index (κ2) is 7.89. The van der Waals surface area contributed by atoms with Crippen molar-refractivity contribution in [3.8, 4) is 6.07 Å². The molecule has 0 radical (unpaired) electrons. The average Bonchev–Trinajstić information content (AvgIpc) is 2.38. The lowest BCUT2D eigenvalue weighted by Crippen LogP contribution is -2.31. The van der Waals surface area contributed by atoms with E-state index in [1.54, 1.807) is 0 Å². The molecule has 1 aromatic rings. The Kier molecular flexibility index (Phi) is 6.46. The number of hydrogen-bond acceptors (Lipinski definition) is 2. The topological polar surface area (TPSA) is 27.0 Å². The summed E-state index contributed by atoms with van der Waals surface area (Å²) in [7, 11) is 0. The van der Waals surface area contributed by atoms with Crippen LogP contribution in [0.4, 0.5) is 0 Å². The second-order valence-corrected chi connectivity index (χ2v) is 5.08. The SMILES string of the molecule is CCCCCN(Cc1ccc(C#N)cc1)C(C)C. The van der Waals surface area contributed by atoms with Crippen LogP contribution in [0.3, 0.4) is 0 Å². The first-order valence-corrected chi connectivity index (χ1v) is 6.90. The van der Waals surface area contributed by atoms with E-state index in [9.17, 15) is 0 Å². The molecule has 0 unspecified atom stereocenters. The summed E-state index contributed by atoms with van der Waals surface area (Å²) in [6.45, 7) is 8.87. The molecule has 0 amide bonds. The Morgan fingerprint density at radius 2 is 1.83 bits per heavy atom. The van der Waals surface area contributed by atoms with Crippen LogP contribution in [0.2, 0.25) is 0 Å². The first kappa shape index (κ1) is 14.7. The van der Waals surface area contributed by atoms with E-state index < -0.39 is 0 Å². The number of nitrogens with zero attached hydrogens (tertiary/aromatic N) is 2. The third-order valence-electron chi connectivity index (χ3n) is 3.25. The normalized spacial score (nSPS) is 10.9. The third kappa shape index (κ3) is 4.89. The fourth-order valence-corrected chi connectivity index (χ4v) is 2.00. The second-order valence-electron chi connectivity index (χ2n) is 5.08. The standard InChI is InChI=1S/C16H24N2/c1-4-5-6-11-18(14(2)3)13-16-9-7-15(12-17)8-10-16/h7-10,14H,4-6,11,13H2,1-3H3. The number of rotatable bonds is 7. The molecule has 0 aliphatic carbocycles. The minimum absolute atomic E-state index is 0.567. The summed E-state index contributed by atoms with van der Waals surface area (Å²) in [5.74, 6) is 0. The zero-order chi connectivity index (χ0) is 13.4. The van der Waals surface area contributed by atoms with Crippen LogP contribution in [0.1, 0.15) is 51.2 Å². The average molecular weight is 244 g/mol. The maximum absolute atomic E-state index is 8.78. The van der Waals surface area contributed by atoms with Gasteiger partial charge in [0, 0.05) is 12.6 Å². The van der Waals surface area contributed by atoms with Crippen molar-refractivity contribution in [2.45, 2.75) is 52.6 Å². The van der Waals surface area contributed by atoms with Gasteiger partial charge in [-0.15, -0.1) is 0 Å². The van der Waals surface area contributed by atoms with Crippen molar-refractivity contribution in [3.63, 3.8) is 0 Å². The van der Waals surface area contributed by atoms with E-state index in [1.165, 1.54) is 24.8 Å². The smallest absolute Gasteiger partial charge is 0.0991 e. The highest BCUT2D eigenvalue weighted by Gasteiger charge is 2.09. The lowest BCUT2D eigenvalue weighted by atomic mass is 10.1. The first-order chi connectivity index (χ1) is 8.67. The third-order valence-corrected chi connectivity index (χ3v) is 3.25. The molecule has 0 N–H and O–H groups in total. The van der Waals surface area contributed by atoms with Crippen LogP contribution < -0.4 is 0 Å². The van der Waals surface area contributed by atoms with E-state index in [0.717, 1.165) is 18.7 Å². The monoisotopic (exact) mass is 244 g/mol. The van der Waals surface area contributed by atoms with Crippen molar-refractivity contribution in [2.24, 2.45) is 0 Å². The highest BCUT2D eigenvalue weighted by molar-refractivity contribution is 5.31. The molecular formula is C16H24N2. The minimum atomic E-state index is 0.567. The van der Waals surface area contributed by atoms with E-state index in [2.05, 4.69) is 43.9 Å². The van der Waals surface area contributed by atoms with Gasteiger partial charge in [-0.25, -0.2) is 0 Å². The van der Waals surface area contributed by atoms with Crippen LogP contribution in [0.25, 0.3) is 0 Å². The molecule has 0 fully saturated rings. The highest BCUT2D eigenvalue weighted by atomic mass is 15.1. The van der Waals surface area contributed by atoms with Crippen LogP contribution in [0.15, 0.2) is 24.3 Å². The van der Waals surface area contributed by atoms with E-state index >= 15 is 0 Å². The Balaban J connectivity index is 2.56. The summed E-state index contributed by atoms with van der Waals surface area (Å²) in [4.78, 5) is 2.50. The molecule has 2 nitrogen and oxygen atoms in total. The summed E-state index contributed by atoms with van der Waals surface area (Å²) in [5, 5.41) is 8.78. The molecule has 0 atom stereocenters. The van der Waals surface area contributed by atoms with Gasteiger partial charge in [-0.3, -0.25) is 4.90 Å². The predicted molar refractivity (Wildman–Crippen MR) is 76.2 cm³/mol. The number of nitriles is 1. The Morgan fingerprint density at radius 3 is 2.33 bits per heavy atom. The maximum atomic E-state index is 8.78. The fraction of sp³-hybridized carbons (Fsp3) is 0.562. The van der Waals surface area contributed by atoms with E-state index in [1.807, 2.05) is 12.1 Å². The van der Waals surface area contributed by atoms with Crippen molar-refractivity contribution < 1.29 is 0 Å². The molecule has 1 aromatic carbocycles. The molecule has 0 aliphatic rings. The van der Waals surface area contributed by atoms with Gasteiger partial charge in [-0.2, -0.15) is 5.26 Å². The van der Waals surface area contributed by atoms with Gasteiger partial charge < -0.3 is 0 Å². The van der Waals surface area contributed by atoms with Gasteiger partial charge in [-0.05, 0) is 44.5 Å². The molecule has 0 heterocycles. The summed E-state index contributed by atoms with van der Waals surface area (Å²) < 4.78 is 0. The van der Waals surface area contributed by atoms with Crippen molar-refractivity contribution in [2.75, 3.05) is 6.54 Å². The van der Waals surface area contributed by atoms with Crippen LogP contribution in [-0.4, -0.2) is 17.5 Å². The van der Waals surface area contributed by atoms with Gasteiger partial charge >= 0.3 is 0 Å². The van der Waals surface area contributed by atoms with Crippen LogP contribution in [0.5, 0.6) is 0 Å². The molecule has 0 saturated carbocycles. The van der Waals surface area contributed by atoms with Gasteiger partial charge in [0.15, 0.2) is 0 Å². The summed E-state index contributed by atoms with van der Waals surface area (Å²) in [6.07, 6.45) is 3.84. The molecule has 0 spiro atoms. The molecule has 2 heteroatoms. The minimum Gasteiger partial charge on any atom is -0.297 e. The maximum Gasteiger partial charge on any atom is 0.0991 e. The quantitative estimate of drug-likeness (QED) is 0.679. The number of hydrogen-bond donors (Lipinski definition) is 0. The molecular weight excluding hydrogens is 220 g/mol. The predicted octanol–water partition coefficient (Wildman–Crippen LogP) is 3.96. The van der Waals surface area contributed by atoms with Crippen molar-refractivity contribution in [1.82, 2.24) is 4.90 Å². The molecule has 18 heavy (non-hydrogen) atoms.